The highest BCUT2D eigenvalue weighted by Gasteiger charge is 2.06. The van der Waals surface area contributed by atoms with Gasteiger partial charge in [0.1, 0.15) is 0 Å². The molecule has 12 heavy (non-hydrogen) atoms. The minimum Gasteiger partial charge on any atom is -0.394 e. The van der Waals surface area contributed by atoms with Crippen LogP contribution in [0.5, 0.6) is 0 Å². The van der Waals surface area contributed by atoms with Gasteiger partial charge in [-0.2, -0.15) is 4.98 Å². The molecular formula is C7H13N5. The molecule has 0 saturated heterocycles. The Bertz CT molecular complexity index is 271. The van der Waals surface area contributed by atoms with E-state index < -0.39 is 0 Å². The maximum atomic E-state index is 5.58. The summed E-state index contributed by atoms with van der Waals surface area (Å²) in [5, 5.41) is 0. The molecule has 5 heteroatoms. The lowest BCUT2D eigenvalue weighted by molar-refractivity contribution is 0.985. The topological polar surface area (TPSA) is 81.1 Å². The summed E-state index contributed by atoms with van der Waals surface area (Å²) in [6, 6.07) is 0. The lowest BCUT2D eigenvalue weighted by Gasteiger charge is -2.12. The summed E-state index contributed by atoms with van der Waals surface area (Å²) >= 11 is 0. The molecule has 1 heterocycles. The number of rotatable bonds is 1. The molecular weight excluding hydrogens is 154 g/mol. The largest absolute Gasteiger partial charge is 0.394 e. The van der Waals surface area contributed by atoms with Crippen LogP contribution in [0.3, 0.4) is 0 Å². The molecule has 0 unspecified atom stereocenters. The zero-order chi connectivity index (χ0) is 9.30. The summed E-state index contributed by atoms with van der Waals surface area (Å²) in [7, 11) is 3.70. The van der Waals surface area contributed by atoms with Crippen molar-refractivity contribution < 1.29 is 0 Å². The molecule has 0 amide bonds. The molecule has 0 aromatic carbocycles. The molecule has 0 spiro atoms. The Kier molecular flexibility index (Phi) is 2.03. The number of hydrogen-bond acceptors (Lipinski definition) is 5. The summed E-state index contributed by atoms with van der Waals surface area (Å²) in [5.41, 5.74) is 12.3. The van der Waals surface area contributed by atoms with Gasteiger partial charge in [-0.1, -0.05) is 0 Å². The molecule has 1 aromatic heterocycles. The highest BCUT2D eigenvalue weighted by molar-refractivity contribution is 5.62. The molecule has 1 aromatic rings. The van der Waals surface area contributed by atoms with Crippen LogP contribution < -0.4 is 16.4 Å². The van der Waals surface area contributed by atoms with E-state index in [9.17, 15) is 0 Å². The maximum absolute atomic E-state index is 5.58. The molecule has 4 N–H and O–H groups in total. The number of hydrogen-bond donors (Lipinski definition) is 2. The first-order chi connectivity index (χ1) is 5.52. The van der Waals surface area contributed by atoms with Crippen molar-refractivity contribution in [1.29, 1.82) is 0 Å². The average Bonchev–Trinajstić information content (AvgIpc) is 1.99. The van der Waals surface area contributed by atoms with Gasteiger partial charge in [-0.25, -0.2) is 4.98 Å². The molecule has 1 rings (SSSR count). The summed E-state index contributed by atoms with van der Waals surface area (Å²) in [6.45, 7) is 1.81. The fourth-order valence-electron chi connectivity index (χ4n) is 0.789. The smallest absolute Gasteiger partial charge is 0.227 e. The van der Waals surface area contributed by atoms with Crippen LogP contribution in [-0.4, -0.2) is 24.1 Å². The van der Waals surface area contributed by atoms with Gasteiger partial charge in [0, 0.05) is 14.1 Å². The second kappa shape index (κ2) is 2.84. The Balaban J connectivity index is 3.21. The lowest BCUT2D eigenvalue weighted by atomic mass is 10.3. The first-order valence-electron chi connectivity index (χ1n) is 3.59. The Morgan fingerprint density at radius 1 is 1.17 bits per heavy atom. The van der Waals surface area contributed by atoms with Crippen molar-refractivity contribution in [3.8, 4) is 0 Å². The van der Waals surface area contributed by atoms with Crippen molar-refractivity contribution in [3.05, 3.63) is 5.69 Å². The first kappa shape index (κ1) is 8.58. The molecule has 0 atom stereocenters. The monoisotopic (exact) mass is 167 g/mol. The zero-order valence-electron chi connectivity index (χ0n) is 7.50. The predicted octanol–water partition coefficient (Wildman–Crippen LogP) is 0.0154. The Labute approximate surface area is 71.4 Å². The molecule has 66 valence electrons. The molecule has 5 nitrogen and oxygen atoms in total. The molecule has 0 aliphatic carbocycles. The van der Waals surface area contributed by atoms with Gasteiger partial charge >= 0.3 is 0 Å². The van der Waals surface area contributed by atoms with E-state index in [4.69, 9.17) is 11.5 Å². The van der Waals surface area contributed by atoms with Crippen LogP contribution in [-0.2, 0) is 0 Å². The van der Waals surface area contributed by atoms with Crippen LogP contribution in [0.2, 0.25) is 0 Å². The van der Waals surface area contributed by atoms with Crippen LogP contribution in [0.25, 0.3) is 0 Å². The van der Waals surface area contributed by atoms with Crippen LogP contribution in [0.15, 0.2) is 0 Å². The highest BCUT2D eigenvalue weighted by atomic mass is 15.2. The molecule has 0 radical (unpaired) electrons. The number of nitrogen functional groups attached to an aromatic ring is 2. The van der Waals surface area contributed by atoms with Crippen LogP contribution in [0.1, 0.15) is 5.69 Å². The minimum absolute atomic E-state index is 0.339. The van der Waals surface area contributed by atoms with Gasteiger partial charge in [0.25, 0.3) is 0 Å². The summed E-state index contributed by atoms with van der Waals surface area (Å²) < 4.78 is 0. The lowest BCUT2D eigenvalue weighted by Crippen LogP contribution is -2.15. The Morgan fingerprint density at radius 3 is 2.17 bits per heavy atom. The second-order valence-corrected chi connectivity index (χ2v) is 2.80. The summed E-state index contributed by atoms with van der Waals surface area (Å²) in [4.78, 5) is 9.92. The standard InChI is InChI=1S/C7H13N5/c1-4-5(8)6(9)11-7(10-4)12(2)3/h8H2,1-3H3,(H2,9,10,11). The van der Waals surface area contributed by atoms with Crippen molar-refractivity contribution in [3.63, 3.8) is 0 Å². The van der Waals surface area contributed by atoms with Gasteiger partial charge in [0.2, 0.25) is 5.95 Å². The number of nitrogens with two attached hydrogens (primary N) is 2. The van der Waals surface area contributed by atoms with Crippen molar-refractivity contribution in [1.82, 2.24) is 9.97 Å². The minimum atomic E-state index is 0.339. The van der Waals surface area contributed by atoms with Gasteiger partial charge < -0.3 is 16.4 Å². The fourth-order valence-corrected chi connectivity index (χ4v) is 0.789. The van der Waals surface area contributed by atoms with Crippen LogP contribution in [0, 0.1) is 6.92 Å². The fraction of sp³-hybridized carbons (Fsp3) is 0.429. The number of aryl methyl sites for hydroxylation is 1. The third kappa shape index (κ3) is 1.39. The summed E-state index contributed by atoms with van der Waals surface area (Å²) in [6.07, 6.45) is 0. The molecule has 0 aliphatic heterocycles. The number of anilines is 3. The normalized spacial score (nSPS) is 9.92. The van der Waals surface area contributed by atoms with E-state index >= 15 is 0 Å². The van der Waals surface area contributed by atoms with E-state index in [-0.39, 0.29) is 0 Å². The quantitative estimate of drug-likeness (QED) is 0.616. The summed E-state index contributed by atoms with van der Waals surface area (Å²) in [5.74, 6) is 0.922. The van der Waals surface area contributed by atoms with Crippen molar-refractivity contribution in [2.45, 2.75) is 6.92 Å². The Morgan fingerprint density at radius 2 is 1.75 bits per heavy atom. The highest BCUT2D eigenvalue weighted by Crippen LogP contribution is 2.17. The third-order valence-electron chi connectivity index (χ3n) is 1.55. The van der Waals surface area contributed by atoms with E-state index in [2.05, 4.69) is 9.97 Å². The van der Waals surface area contributed by atoms with Crippen molar-refractivity contribution >= 4 is 17.5 Å². The van der Waals surface area contributed by atoms with Gasteiger partial charge in [-0.3, -0.25) is 0 Å². The third-order valence-corrected chi connectivity index (χ3v) is 1.55. The van der Waals surface area contributed by atoms with Crippen molar-refractivity contribution in [2.75, 3.05) is 30.5 Å². The second-order valence-electron chi connectivity index (χ2n) is 2.80. The Hall–Kier alpha value is -1.52. The van der Waals surface area contributed by atoms with E-state index in [1.54, 1.807) is 11.8 Å². The number of aromatic nitrogens is 2. The van der Waals surface area contributed by atoms with Gasteiger partial charge in [0.05, 0.1) is 11.4 Å². The van der Waals surface area contributed by atoms with Crippen molar-refractivity contribution in [2.24, 2.45) is 0 Å². The molecule has 0 aliphatic rings. The molecule has 0 bridgehead atoms. The van der Waals surface area contributed by atoms with E-state index in [0.717, 1.165) is 0 Å². The average molecular weight is 167 g/mol. The van der Waals surface area contributed by atoms with E-state index in [0.29, 0.717) is 23.1 Å². The van der Waals surface area contributed by atoms with Gasteiger partial charge in [0.15, 0.2) is 5.82 Å². The first-order valence-corrected chi connectivity index (χ1v) is 3.59. The number of nitrogens with zero attached hydrogens (tertiary/aromatic N) is 3. The SMILES string of the molecule is Cc1nc(N(C)C)nc(N)c1N. The maximum Gasteiger partial charge on any atom is 0.227 e. The van der Waals surface area contributed by atoms with Crippen LogP contribution >= 0.6 is 0 Å². The zero-order valence-corrected chi connectivity index (χ0v) is 7.50. The molecule has 0 saturated carbocycles. The molecule has 0 fully saturated rings. The van der Waals surface area contributed by atoms with Crippen LogP contribution in [0.4, 0.5) is 17.5 Å². The van der Waals surface area contributed by atoms with Gasteiger partial charge in [-0.05, 0) is 6.92 Å². The predicted molar refractivity (Wildman–Crippen MR) is 49.9 cm³/mol. The van der Waals surface area contributed by atoms with E-state index in [1.165, 1.54) is 0 Å². The van der Waals surface area contributed by atoms with E-state index in [1.807, 2.05) is 14.1 Å². The van der Waals surface area contributed by atoms with Gasteiger partial charge in [-0.15, -0.1) is 0 Å².